The van der Waals surface area contributed by atoms with Crippen LogP contribution >= 0.6 is 7.36 Å². The van der Waals surface area contributed by atoms with Crippen LogP contribution in [0.15, 0.2) is 4.74 Å². The Morgan fingerprint density at radius 1 is 1.32 bits per heavy atom. The van der Waals surface area contributed by atoms with Crippen LogP contribution in [0.5, 0.6) is 0 Å². The van der Waals surface area contributed by atoms with Crippen molar-refractivity contribution in [2.45, 2.75) is 72.0 Å². The monoisotopic (exact) mass is 287 g/mol. The average molecular weight is 287 g/mol. The summed E-state index contributed by atoms with van der Waals surface area (Å²) in [5.41, 5.74) is 0.756. The van der Waals surface area contributed by atoms with Crippen LogP contribution in [0.25, 0.3) is 0 Å². The Kier molecular flexibility index (Phi) is 6.10. The van der Waals surface area contributed by atoms with Crippen LogP contribution in [0.4, 0.5) is 0 Å². The summed E-state index contributed by atoms with van der Waals surface area (Å²) in [4.78, 5) is 0. The van der Waals surface area contributed by atoms with Crippen LogP contribution < -0.4 is 0 Å². The van der Waals surface area contributed by atoms with Gasteiger partial charge in [0.2, 0.25) is 0 Å². The third kappa shape index (κ3) is 3.83. The molecule has 1 rings (SSSR count). The lowest BCUT2D eigenvalue weighted by atomic mass is 10.1. The van der Waals surface area contributed by atoms with Crippen LogP contribution in [-0.2, 0) is 0 Å². The van der Waals surface area contributed by atoms with Crippen molar-refractivity contribution < 1.29 is 0 Å². The van der Waals surface area contributed by atoms with E-state index in [9.17, 15) is 0 Å². The van der Waals surface area contributed by atoms with Crippen molar-refractivity contribution in [3.05, 3.63) is 0 Å². The summed E-state index contributed by atoms with van der Waals surface area (Å²) in [6.45, 7) is 17.3. The highest BCUT2D eigenvalue weighted by Crippen LogP contribution is 2.64. The predicted octanol–water partition coefficient (Wildman–Crippen LogP) is 4.66. The highest BCUT2D eigenvalue weighted by molar-refractivity contribution is 7.62. The molecule has 19 heavy (non-hydrogen) atoms. The lowest BCUT2D eigenvalue weighted by Crippen LogP contribution is -2.40. The highest BCUT2D eigenvalue weighted by atomic mass is 31.2. The van der Waals surface area contributed by atoms with E-state index in [1.807, 2.05) is 0 Å². The molecular weight excluding hydrogens is 253 g/mol. The van der Waals surface area contributed by atoms with Crippen molar-refractivity contribution in [3.8, 4) is 0 Å². The van der Waals surface area contributed by atoms with Crippen molar-refractivity contribution in [1.82, 2.24) is 9.34 Å². The number of hydrogen-bond acceptors (Lipinski definition) is 1. The molecule has 1 aliphatic rings. The zero-order valence-corrected chi connectivity index (χ0v) is 15.0. The lowest BCUT2D eigenvalue weighted by Gasteiger charge is -2.50. The summed E-state index contributed by atoms with van der Waals surface area (Å²) in [7, 11) is 0.774. The van der Waals surface area contributed by atoms with Gasteiger partial charge >= 0.3 is 0 Å². The van der Waals surface area contributed by atoms with Gasteiger partial charge in [-0.3, -0.25) is 14.1 Å². The van der Waals surface area contributed by atoms with Crippen molar-refractivity contribution >= 4 is 7.36 Å². The Morgan fingerprint density at radius 2 is 1.95 bits per heavy atom. The van der Waals surface area contributed by atoms with Gasteiger partial charge < -0.3 is 0 Å². The van der Waals surface area contributed by atoms with Gasteiger partial charge in [-0.2, -0.15) is 0 Å². The maximum absolute atomic E-state index is 5.41. The summed E-state index contributed by atoms with van der Waals surface area (Å²) in [6.07, 6.45) is 3.87. The highest BCUT2D eigenvalue weighted by Gasteiger charge is 2.40. The summed E-state index contributed by atoms with van der Waals surface area (Å²) < 4.78 is 10.7. The van der Waals surface area contributed by atoms with Crippen molar-refractivity contribution in [2.24, 2.45) is 4.74 Å². The molecule has 1 fully saturated rings. The second-order valence-electron chi connectivity index (χ2n) is 6.80. The van der Waals surface area contributed by atoms with Gasteiger partial charge in [0.1, 0.15) is 0 Å². The first-order valence-electron chi connectivity index (χ1n) is 7.88. The van der Waals surface area contributed by atoms with E-state index in [2.05, 4.69) is 57.9 Å². The molecule has 4 heteroatoms. The normalized spacial score (nSPS) is 29.8. The number of hydrogen-bond donors (Lipinski definition) is 0. The van der Waals surface area contributed by atoms with Gasteiger partial charge in [-0.1, -0.05) is 20.8 Å². The molecule has 0 aromatic rings. The van der Waals surface area contributed by atoms with Gasteiger partial charge in [0, 0.05) is 25.3 Å². The molecule has 0 radical (unpaired) electrons. The fraction of sp³-hybridized carbons (Fsp3) is 1.00. The van der Waals surface area contributed by atoms with Crippen molar-refractivity contribution in [2.75, 3.05) is 26.7 Å². The van der Waals surface area contributed by atoms with Crippen LogP contribution in [-0.4, -0.2) is 47.2 Å². The molecule has 0 aliphatic carbocycles. The molecule has 2 unspecified atom stereocenters. The Labute approximate surface area is 120 Å². The SMILES string of the molecule is CCCN(CC)P1(=NC(C)(C)C)C(C)CCCN1C. The van der Waals surface area contributed by atoms with Crippen LogP contribution in [0.1, 0.15) is 60.8 Å². The maximum Gasteiger partial charge on any atom is 0.1000 e. The summed E-state index contributed by atoms with van der Waals surface area (Å²) in [5.74, 6) is 0. The Morgan fingerprint density at radius 3 is 2.37 bits per heavy atom. The van der Waals surface area contributed by atoms with Gasteiger partial charge in [-0.25, -0.2) is 0 Å². The second-order valence-corrected chi connectivity index (χ2v) is 10.4. The summed E-state index contributed by atoms with van der Waals surface area (Å²) >= 11 is 0. The summed E-state index contributed by atoms with van der Waals surface area (Å²) in [6, 6.07) is 0. The maximum atomic E-state index is 5.41. The van der Waals surface area contributed by atoms with Crippen LogP contribution in [0.2, 0.25) is 0 Å². The molecule has 1 heterocycles. The molecule has 1 saturated heterocycles. The summed E-state index contributed by atoms with van der Waals surface area (Å²) in [5, 5.41) is 0. The number of rotatable bonds is 4. The lowest BCUT2D eigenvalue weighted by molar-refractivity contribution is 0.369. The third-order valence-electron chi connectivity index (χ3n) is 3.91. The van der Waals surface area contributed by atoms with Gasteiger partial charge in [0.25, 0.3) is 0 Å². The molecule has 0 N–H and O–H groups in total. The van der Waals surface area contributed by atoms with E-state index < -0.39 is 7.36 Å². The third-order valence-corrected chi connectivity index (χ3v) is 8.76. The van der Waals surface area contributed by atoms with Crippen molar-refractivity contribution in [3.63, 3.8) is 0 Å². The van der Waals surface area contributed by atoms with E-state index in [1.165, 1.54) is 32.4 Å². The fourth-order valence-corrected chi connectivity index (χ4v) is 8.12. The van der Waals surface area contributed by atoms with Crippen molar-refractivity contribution in [1.29, 1.82) is 0 Å². The molecule has 0 spiro atoms. The van der Waals surface area contributed by atoms with E-state index in [0.29, 0.717) is 5.66 Å². The minimum absolute atomic E-state index is 0.0504. The minimum Gasteiger partial charge on any atom is -0.268 e. The van der Waals surface area contributed by atoms with E-state index in [0.717, 1.165) is 6.54 Å². The second kappa shape index (κ2) is 6.74. The first-order valence-corrected chi connectivity index (χ1v) is 9.59. The van der Waals surface area contributed by atoms with Gasteiger partial charge in [0.15, 0.2) is 0 Å². The zero-order chi connectivity index (χ0) is 14.7. The Hall–Kier alpha value is 0.150. The van der Waals surface area contributed by atoms with E-state index in [1.54, 1.807) is 0 Å². The van der Waals surface area contributed by atoms with E-state index in [4.69, 9.17) is 4.74 Å². The van der Waals surface area contributed by atoms with E-state index >= 15 is 0 Å². The quantitative estimate of drug-likeness (QED) is 0.700. The standard InChI is InChI=1S/C15H34N3P/c1-8-12-18(9-2)19(16-15(4,5)6)14(3)11-10-13-17(19)7/h14H,8-13H2,1-7H3. The molecule has 0 bridgehead atoms. The van der Waals surface area contributed by atoms with Gasteiger partial charge in [-0.05, 0) is 47.1 Å². The predicted molar refractivity (Wildman–Crippen MR) is 88.0 cm³/mol. The zero-order valence-electron chi connectivity index (χ0n) is 14.1. The van der Waals surface area contributed by atoms with Crippen LogP contribution in [0.3, 0.4) is 0 Å². The first-order chi connectivity index (χ1) is 8.78. The molecule has 0 amide bonds. The molecule has 0 saturated carbocycles. The number of nitrogens with zero attached hydrogens (tertiary/aromatic N) is 3. The molecule has 0 aromatic carbocycles. The fourth-order valence-electron chi connectivity index (χ4n) is 3.22. The Balaban J connectivity index is 3.33. The van der Waals surface area contributed by atoms with E-state index in [-0.39, 0.29) is 5.54 Å². The van der Waals surface area contributed by atoms with Crippen LogP contribution in [0, 0.1) is 0 Å². The molecule has 2 atom stereocenters. The van der Waals surface area contributed by atoms with Gasteiger partial charge in [0.05, 0.1) is 12.9 Å². The van der Waals surface area contributed by atoms with Gasteiger partial charge in [-0.15, -0.1) is 0 Å². The first kappa shape index (κ1) is 17.2. The minimum atomic E-state index is -1.53. The Bertz CT molecular complexity index is 319. The largest absolute Gasteiger partial charge is 0.268 e. The average Bonchev–Trinajstić information content (AvgIpc) is 2.30. The smallest absolute Gasteiger partial charge is 0.1000 e. The molecule has 3 nitrogen and oxygen atoms in total. The molecule has 1 aliphatic heterocycles. The topological polar surface area (TPSA) is 18.8 Å². The molecule has 114 valence electrons. The molecule has 0 aromatic heterocycles. The molecular formula is C15H34N3P.